The van der Waals surface area contributed by atoms with E-state index in [0.29, 0.717) is 0 Å². The maximum absolute atomic E-state index is 3.73. The van der Waals surface area contributed by atoms with Crippen molar-refractivity contribution in [3.05, 3.63) is 180 Å². The van der Waals surface area contributed by atoms with E-state index in [1.807, 2.05) is 0 Å². The molecular formula is C62H68N2. The van der Waals surface area contributed by atoms with Gasteiger partial charge in [-0.15, -0.1) is 0 Å². The molecule has 0 spiro atoms. The molecule has 0 atom stereocenters. The van der Waals surface area contributed by atoms with Crippen molar-refractivity contribution in [2.45, 2.75) is 118 Å². The summed E-state index contributed by atoms with van der Waals surface area (Å²) >= 11 is 0. The molecule has 8 aromatic carbocycles. The van der Waals surface area contributed by atoms with Gasteiger partial charge in [-0.2, -0.15) is 0 Å². The average molecular weight is 841 g/mol. The first-order chi connectivity index (χ1) is 31.4. The summed E-state index contributed by atoms with van der Waals surface area (Å²) in [7, 11) is 0. The molecule has 0 saturated heterocycles. The van der Waals surface area contributed by atoms with Gasteiger partial charge in [-0.1, -0.05) is 175 Å². The largest absolute Gasteiger partial charge is 0.356 e. The van der Waals surface area contributed by atoms with Crippen molar-refractivity contribution < 1.29 is 0 Å². The van der Waals surface area contributed by atoms with Gasteiger partial charge in [-0.3, -0.25) is 0 Å². The van der Waals surface area contributed by atoms with Crippen molar-refractivity contribution >= 4 is 44.3 Å². The Morgan fingerprint density at radius 2 is 0.688 bits per heavy atom. The standard InChI is InChI=1S/C62H68N2/c1-5-7-9-11-13-15-21-47-23-17-27-55(39-47)63-57-29-19-25-51(41-57)53-37-35-49-33-31-45(3)61(59(49)43-53)62-46(4)32-34-50-36-38-54(44-60(50)62)52-26-20-30-58(42-52)64-56-28-18-24-48(40-56)22-16-14-12-10-8-6-2/h17-20,23-44,63-64H,5-16,21-22H2,1-4H3. The van der Waals surface area contributed by atoms with Gasteiger partial charge in [0.25, 0.3) is 0 Å². The number of benzene rings is 8. The number of unbranched alkanes of at least 4 members (excludes halogenated alkanes) is 10. The molecule has 0 fully saturated rings. The summed E-state index contributed by atoms with van der Waals surface area (Å²) in [6.45, 7) is 9.11. The molecule has 0 aromatic heterocycles. The summed E-state index contributed by atoms with van der Waals surface area (Å²) in [6, 6.07) is 58.9. The highest BCUT2D eigenvalue weighted by Crippen LogP contribution is 2.42. The van der Waals surface area contributed by atoms with Gasteiger partial charge in [0.1, 0.15) is 0 Å². The minimum atomic E-state index is 1.10. The molecule has 0 aliphatic carbocycles. The van der Waals surface area contributed by atoms with Crippen LogP contribution in [0.5, 0.6) is 0 Å². The van der Waals surface area contributed by atoms with Gasteiger partial charge in [-0.25, -0.2) is 0 Å². The van der Waals surface area contributed by atoms with Crippen LogP contribution in [0.3, 0.4) is 0 Å². The summed E-state index contributed by atoms with van der Waals surface area (Å²) in [6.07, 6.45) is 18.1. The quantitative estimate of drug-likeness (QED) is 0.0705. The minimum absolute atomic E-state index is 1.10. The zero-order valence-electron chi connectivity index (χ0n) is 38.9. The first kappa shape index (κ1) is 44.5. The molecule has 8 aromatic rings. The molecule has 2 N–H and O–H groups in total. The SMILES string of the molecule is CCCCCCCCc1cccc(Nc2cccc(-c3ccc4ccc(C)c(-c5c(C)ccc6ccc(-c7cccc(Nc8cccc(CCCCCCCC)c8)c7)cc56)c4c3)c2)c1. The Morgan fingerprint density at radius 3 is 1.12 bits per heavy atom. The monoisotopic (exact) mass is 841 g/mol. The van der Waals surface area contributed by atoms with Crippen LogP contribution in [-0.4, -0.2) is 0 Å². The Morgan fingerprint density at radius 1 is 0.328 bits per heavy atom. The molecule has 326 valence electrons. The fourth-order valence-electron chi connectivity index (χ4n) is 9.59. The third-order valence-electron chi connectivity index (χ3n) is 13.2. The molecule has 8 rings (SSSR count). The number of nitrogens with one attached hydrogen (secondary N) is 2. The van der Waals surface area contributed by atoms with Crippen LogP contribution < -0.4 is 10.6 Å². The molecule has 0 unspecified atom stereocenters. The van der Waals surface area contributed by atoms with Crippen molar-refractivity contribution in [1.29, 1.82) is 0 Å². The number of hydrogen-bond acceptors (Lipinski definition) is 2. The van der Waals surface area contributed by atoms with Gasteiger partial charge in [-0.05, 0) is 177 Å². The summed E-state index contributed by atoms with van der Waals surface area (Å²) in [5.41, 5.74) is 17.4. The lowest BCUT2D eigenvalue weighted by molar-refractivity contribution is 0.607. The highest BCUT2D eigenvalue weighted by atomic mass is 14.9. The van der Waals surface area contributed by atoms with Gasteiger partial charge in [0.15, 0.2) is 0 Å². The van der Waals surface area contributed by atoms with Crippen molar-refractivity contribution in [2.75, 3.05) is 10.6 Å². The molecule has 0 bridgehead atoms. The van der Waals surface area contributed by atoms with Crippen LogP contribution in [0.25, 0.3) is 54.9 Å². The van der Waals surface area contributed by atoms with E-state index in [2.05, 4.69) is 196 Å². The van der Waals surface area contributed by atoms with E-state index in [1.54, 1.807) is 0 Å². The van der Waals surface area contributed by atoms with Crippen LogP contribution in [0.2, 0.25) is 0 Å². The second-order valence-electron chi connectivity index (χ2n) is 18.2. The van der Waals surface area contributed by atoms with E-state index < -0.39 is 0 Å². The maximum atomic E-state index is 3.73. The Kier molecular flexibility index (Phi) is 15.3. The molecule has 0 saturated carbocycles. The average Bonchev–Trinajstić information content (AvgIpc) is 3.32. The maximum Gasteiger partial charge on any atom is 0.0390 e. The number of anilines is 4. The van der Waals surface area contributed by atoms with E-state index in [9.17, 15) is 0 Å². The number of hydrogen-bond donors (Lipinski definition) is 2. The lowest BCUT2D eigenvalue weighted by atomic mass is 9.86. The fourth-order valence-corrected chi connectivity index (χ4v) is 9.59. The molecule has 0 amide bonds. The lowest BCUT2D eigenvalue weighted by Gasteiger charge is -2.18. The van der Waals surface area contributed by atoms with Gasteiger partial charge in [0.2, 0.25) is 0 Å². The summed E-state index contributed by atoms with van der Waals surface area (Å²) in [5.74, 6) is 0. The number of rotatable bonds is 21. The van der Waals surface area contributed by atoms with E-state index in [4.69, 9.17) is 0 Å². The van der Waals surface area contributed by atoms with Gasteiger partial charge in [0.05, 0.1) is 0 Å². The fraction of sp³-hybridized carbons (Fsp3) is 0.290. The molecule has 64 heavy (non-hydrogen) atoms. The zero-order chi connectivity index (χ0) is 44.1. The lowest BCUT2D eigenvalue weighted by Crippen LogP contribution is -1.94. The number of fused-ring (bicyclic) bond motifs is 2. The topological polar surface area (TPSA) is 24.1 Å². The predicted molar refractivity (Wildman–Crippen MR) is 281 cm³/mol. The first-order valence-corrected chi connectivity index (χ1v) is 24.5. The summed E-state index contributed by atoms with van der Waals surface area (Å²) in [5, 5.41) is 12.5. The van der Waals surface area contributed by atoms with E-state index in [-0.39, 0.29) is 0 Å². The van der Waals surface area contributed by atoms with Crippen molar-refractivity contribution in [1.82, 2.24) is 0 Å². The molecule has 0 aliphatic rings. The highest BCUT2D eigenvalue weighted by molar-refractivity contribution is 6.09. The third kappa shape index (κ3) is 11.3. The Balaban J connectivity index is 1.05. The molecule has 0 heterocycles. The van der Waals surface area contributed by atoms with Gasteiger partial charge >= 0.3 is 0 Å². The normalized spacial score (nSPS) is 11.4. The minimum Gasteiger partial charge on any atom is -0.356 e. The van der Waals surface area contributed by atoms with Crippen molar-refractivity contribution in [2.24, 2.45) is 0 Å². The van der Waals surface area contributed by atoms with E-state index >= 15 is 0 Å². The van der Waals surface area contributed by atoms with Crippen LogP contribution >= 0.6 is 0 Å². The van der Waals surface area contributed by atoms with Gasteiger partial charge < -0.3 is 10.6 Å². The van der Waals surface area contributed by atoms with Crippen LogP contribution in [0.15, 0.2) is 158 Å². The second-order valence-corrected chi connectivity index (χ2v) is 18.2. The first-order valence-electron chi connectivity index (χ1n) is 24.5. The number of aryl methyl sites for hydroxylation is 4. The Labute approximate surface area is 384 Å². The Hall–Kier alpha value is -6.12. The van der Waals surface area contributed by atoms with Crippen LogP contribution in [0.4, 0.5) is 22.7 Å². The third-order valence-corrected chi connectivity index (χ3v) is 13.2. The van der Waals surface area contributed by atoms with Crippen molar-refractivity contribution in [3.8, 4) is 33.4 Å². The molecule has 2 nitrogen and oxygen atoms in total. The van der Waals surface area contributed by atoms with Crippen molar-refractivity contribution in [3.63, 3.8) is 0 Å². The predicted octanol–water partition coefficient (Wildman–Crippen LogP) is 18.9. The van der Waals surface area contributed by atoms with Crippen LogP contribution in [0, 0.1) is 13.8 Å². The zero-order valence-corrected chi connectivity index (χ0v) is 38.9. The molecule has 2 heteroatoms. The summed E-state index contributed by atoms with van der Waals surface area (Å²) in [4.78, 5) is 0. The van der Waals surface area contributed by atoms with Crippen LogP contribution in [-0.2, 0) is 12.8 Å². The highest BCUT2D eigenvalue weighted by Gasteiger charge is 2.16. The molecule has 0 radical (unpaired) electrons. The second kappa shape index (κ2) is 22.0. The summed E-state index contributed by atoms with van der Waals surface area (Å²) < 4.78 is 0. The Bertz CT molecular complexity index is 2600. The van der Waals surface area contributed by atoms with Gasteiger partial charge in [0, 0.05) is 22.7 Å². The van der Waals surface area contributed by atoms with Crippen LogP contribution in [0.1, 0.15) is 113 Å². The smallest absolute Gasteiger partial charge is 0.0390 e. The van der Waals surface area contributed by atoms with E-state index in [1.165, 1.54) is 154 Å². The molecule has 0 aliphatic heterocycles. The molecular weight excluding hydrogens is 773 g/mol. The van der Waals surface area contributed by atoms with E-state index in [0.717, 1.165) is 35.6 Å².